The molecule has 8 heteroatoms. The minimum absolute atomic E-state index is 0.733. The first-order chi connectivity index (χ1) is 17.1. The zero-order valence-electron chi connectivity index (χ0n) is 20.4. The maximum absolute atomic E-state index is 6.73. The van der Waals surface area contributed by atoms with E-state index in [-0.39, 0.29) is 0 Å². The van der Waals surface area contributed by atoms with Crippen molar-refractivity contribution in [2.24, 2.45) is 0 Å². The second kappa shape index (κ2) is 13.6. The lowest BCUT2D eigenvalue weighted by Crippen LogP contribution is -2.46. The Balaban J connectivity index is 1.33. The van der Waals surface area contributed by atoms with Gasteiger partial charge in [-0.15, -0.1) is 23.2 Å². The Labute approximate surface area is 230 Å². The first-order valence-electron chi connectivity index (χ1n) is 12.7. The highest BCUT2D eigenvalue weighted by Crippen LogP contribution is 2.30. The molecule has 0 unspecified atom stereocenters. The van der Waals surface area contributed by atoms with E-state index in [1.807, 2.05) is 0 Å². The highest BCUT2D eigenvalue weighted by Gasteiger charge is 2.19. The molecule has 0 radical (unpaired) electrons. The second-order valence-electron chi connectivity index (χ2n) is 9.47. The predicted octanol–water partition coefficient (Wildman–Crippen LogP) is 6.09. The first-order valence-corrected chi connectivity index (χ1v) is 14.5. The maximum atomic E-state index is 6.73. The third kappa shape index (κ3) is 7.56. The summed E-state index contributed by atoms with van der Waals surface area (Å²) < 4.78 is 0. The molecule has 35 heavy (non-hydrogen) atoms. The van der Waals surface area contributed by atoms with Gasteiger partial charge in [-0.1, -0.05) is 35.3 Å². The lowest BCUT2D eigenvalue weighted by atomic mass is 10.0. The van der Waals surface area contributed by atoms with E-state index < -0.39 is 0 Å². The third-order valence-electron chi connectivity index (χ3n) is 7.15. The van der Waals surface area contributed by atoms with Crippen LogP contribution in [-0.2, 0) is 6.42 Å². The van der Waals surface area contributed by atoms with Gasteiger partial charge in [-0.05, 0) is 61.3 Å². The molecule has 0 aliphatic carbocycles. The highest BCUT2D eigenvalue weighted by molar-refractivity contribution is 6.32. The number of piperazine rings is 2. The molecule has 2 fully saturated rings. The van der Waals surface area contributed by atoms with E-state index in [1.54, 1.807) is 0 Å². The van der Waals surface area contributed by atoms with Gasteiger partial charge in [0.2, 0.25) is 0 Å². The number of hydrogen-bond donors (Lipinski definition) is 0. The Morgan fingerprint density at radius 2 is 0.971 bits per heavy atom. The second-order valence-corrected chi connectivity index (χ2v) is 11.0. The zero-order chi connectivity index (χ0) is 24.6. The third-order valence-corrected chi connectivity index (χ3v) is 8.38. The van der Waals surface area contributed by atoms with Crippen LogP contribution in [0.15, 0.2) is 36.4 Å². The van der Waals surface area contributed by atoms with Crippen LogP contribution in [0.4, 0.5) is 11.4 Å². The van der Waals surface area contributed by atoms with Crippen LogP contribution in [-0.4, -0.2) is 87.0 Å². The Hall–Kier alpha value is -0.880. The van der Waals surface area contributed by atoms with Crippen LogP contribution in [0.2, 0.25) is 10.0 Å². The topological polar surface area (TPSA) is 13.0 Å². The average Bonchev–Trinajstić information content (AvgIpc) is 2.89. The number of benzene rings is 2. The summed E-state index contributed by atoms with van der Waals surface area (Å²) in [4.78, 5) is 9.82. The summed E-state index contributed by atoms with van der Waals surface area (Å²) in [5.74, 6) is 1.47. The van der Waals surface area contributed by atoms with Gasteiger partial charge in [0.05, 0.1) is 0 Å². The van der Waals surface area contributed by atoms with Gasteiger partial charge < -0.3 is 9.80 Å². The monoisotopic (exact) mass is 556 g/mol. The highest BCUT2D eigenvalue weighted by atomic mass is 35.5. The summed E-state index contributed by atoms with van der Waals surface area (Å²) in [7, 11) is 0. The summed E-state index contributed by atoms with van der Waals surface area (Å²) in [5, 5.41) is 1.61. The van der Waals surface area contributed by atoms with Crippen molar-refractivity contribution >= 4 is 57.8 Å². The van der Waals surface area contributed by atoms with E-state index in [1.165, 1.54) is 11.4 Å². The maximum Gasteiger partial charge on any atom is 0.0461 e. The zero-order valence-corrected chi connectivity index (χ0v) is 23.4. The first kappa shape index (κ1) is 27.2. The fraction of sp³-hybridized carbons (Fsp3) is 0.556. The average molecular weight is 558 g/mol. The molecule has 0 N–H and O–H groups in total. The number of anilines is 2. The SMILES string of the molecule is ClCCCN1CCN(c2ccc(Cc3ccc(N4CCN(CCCCl)CC4)cc3Cl)c(Cl)c2)CC1. The van der Waals surface area contributed by atoms with Crippen LogP contribution < -0.4 is 9.80 Å². The van der Waals surface area contributed by atoms with Crippen LogP contribution in [0.1, 0.15) is 24.0 Å². The van der Waals surface area contributed by atoms with Crippen molar-refractivity contribution in [3.63, 3.8) is 0 Å². The van der Waals surface area contributed by atoms with Gasteiger partial charge in [-0.3, -0.25) is 9.80 Å². The molecule has 0 aromatic heterocycles. The molecule has 2 aromatic rings. The van der Waals surface area contributed by atoms with Gasteiger partial charge in [-0.2, -0.15) is 0 Å². The lowest BCUT2D eigenvalue weighted by Gasteiger charge is -2.36. The summed E-state index contributed by atoms with van der Waals surface area (Å²) >= 11 is 25.2. The molecule has 2 aliphatic rings. The summed E-state index contributed by atoms with van der Waals surface area (Å²) in [6.45, 7) is 10.5. The Morgan fingerprint density at radius 3 is 1.31 bits per heavy atom. The van der Waals surface area contributed by atoms with Gasteiger partial charge in [-0.25, -0.2) is 0 Å². The van der Waals surface area contributed by atoms with Gasteiger partial charge >= 0.3 is 0 Å². The van der Waals surface area contributed by atoms with Gasteiger partial charge in [0, 0.05) is 92.0 Å². The molecule has 0 spiro atoms. The molecule has 2 heterocycles. The minimum Gasteiger partial charge on any atom is -0.369 e. The predicted molar refractivity (Wildman–Crippen MR) is 154 cm³/mol. The molecule has 0 saturated carbocycles. The molecule has 2 aliphatic heterocycles. The number of hydrogen-bond acceptors (Lipinski definition) is 4. The summed E-state index contributed by atoms with van der Waals surface area (Å²) in [5.41, 5.74) is 4.61. The smallest absolute Gasteiger partial charge is 0.0461 e. The Bertz CT molecular complexity index is 865. The van der Waals surface area contributed by atoms with E-state index in [9.17, 15) is 0 Å². The van der Waals surface area contributed by atoms with Crippen molar-refractivity contribution in [3.8, 4) is 0 Å². The van der Waals surface area contributed by atoms with Crippen LogP contribution in [0.3, 0.4) is 0 Å². The van der Waals surface area contributed by atoms with Crippen LogP contribution in [0.25, 0.3) is 0 Å². The van der Waals surface area contributed by atoms with Crippen LogP contribution in [0.5, 0.6) is 0 Å². The molecule has 0 atom stereocenters. The molecular weight excluding hydrogens is 522 g/mol. The van der Waals surface area contributed by atoms with E-state index in [2.05, 4.69) is 56.0 Å². The standard InChI is InChI=1S/C27H36Cl4N4/c28-7-1-9-32-11-15-34(16-12-32)24-5-3-22(26(30)20-24)19-23-4-6-25(21-27(23)31)35-17-13-33(14-18-35)10-2-8-29/h3-6,20-21H,1-2,7-19H2. The number of alkyl halides is 2. The van der Waals surface area contributed by atoms with Gasteiger partial charge in [0.25, 0.3) is 0 Å². The fourth-order valence-corrected chi connectivity index (χ4v) is 5.71. The molecular formula is C27H36Cl4N4. The largest absolute Gasteiger partial charge is 0.369 e. The van der Waals surface area contributed by atoms with Crippen molar-refractivity contribution in [2.75, 3.05) is 87.0 Å². The normalized spacial score (nSPS) is 17.8. The van der Waals surface area contributed by atoms with Gasteiger partial charge in [0.15, 0.2) is 0 Å². The molecule has 0 bridgehead atoms. The van der Waals surface area contributed by atoms with Crippen molar-refractivity contribution in [3.05, 3.63) is 57.6 Å². The molecule has 4 rings (SSSR count). The Morgan fingerprint density at radius 1 is 0.571 bits per heavy atom. The van der Waals surface area contributed by atoms with E-state index in [4.69, 9.17) is 46.4 Å². The molecule has 0 amide bonds. The van der Waals surface area contributed by atoms with Crippen LogP contribution in [0, 0.1) is 0 Å². The molecule has 2 saturated heterocycles. The Kier molecular flexibility index (Phi) is 10.6. The molecule has 192 valence electrons. The fourth-order valence-electron chi connectivity index (χ4n) is 4.98. The van der Waals surface area contributed by atoms with Crippen molar-refractivity contribution in [2.45, 2.75) is 19.3 Å². The van der Waals surface area contributed by atoms with E-state index >= 15 is 0 Å². The van der Waals surface area contributed by atoms with Crippen molar-refractivity contribution in [1.29, 1.82) is 0 Å². The number of halogens is 4. The van der Waals surface area contributed by atoms with Crippen molar-refractivity contribution < 1.29 is 0 Å². The van der Waals surface area contributed by atoms with Gasteiger partial charge in [0.1, 0.15) is 0 Å². The summed E-state index contributed by atoms with van der Waals surface area (Å²) in [6.07, 6.45) is 2.84. The summed E-state index contributed by atoms with van der Waals surface area (Å²) in [6, 6.07) is 12.9. The number of rotatable bonds is 10. The van der Waals surface area contributed by atoms with E-state index in [0.29, 0.717) is 0 Å². The number of nitrogens with zero attached hydrogens (tertiary/aromatic N) is 4. The van der Waals surface area contributed by atoms with E-state index in [0.717, 1.165) is 118 Å². The lowest BCUT2D eigenvalue weighted by molar-refractivity contribution is 0.259. The molecule has 4 nitrogen and oxygen atoms in total. The van der Waals surface area contributed by atoms with Crippen molar-refractivity contribution in [1.82, 2.24) is 9.80 Å². The minimum atomic E-state index is 0.733. The molecule has 2 aromatic carbocycles. The van der Waals surface area contributed by atoms with Crippen LogP contribution >= 0.6 is 46.4 Å². The quantitative estimate of drug-likeness (QED) is 0.328.